The van der Waals surface area contributed by atoms with Gasteiger partial charge in [-0.3, -0.25) is 0 Å². The zero-order valence-corrected chi connectivity index (χ0v) is 10.5. The number of pyridine rings is 1. The molecule has 0 unspecified atom stereocenters. The number of hydrogen-bond acceptors (Lipinski definition) is 4. The summed E-state index contributed by atoms with van der Waals surface area (Å²) in [5.74, 6) is 0.671. The first-order valence-electron chi connectivity index (χ1n) is 6.12. The third-order valence-electron chi connectivity index (χ3n) is 3.05. The average Bonchev–Trinajstić information content (AvgIpc) is 2.48. The topological polar surface area (TPSA) is 68.9 Å². The summed E-state index contributed by atoms with van der Waals surface area (Å²) in [5.41, 5.74) is 0.937. The van der Waals surface area contributed by atoms with Crippen molar-refractivity contribution >= 4 is 22.3 Å². The smallest absolute Gasteiger partial charge is 0.138 e. The molecule has 1 aromatic heterocycles. The lowest BCUT2D eigenvalue weighted by atomic mass is 10.1. The van der Waals surface area contributed by atoms with Crippen molar-refractivity contribution in [2.45, 2.75) is 0 Å². The third kappa shape index (κ3) is 2.13. The van der Waals surface area contributed by atoms with Crippen molar-refractivity contribution in [1.82, 2.24) is 4.98 Å². The molecule has 0 radical (unpaired) electrons. The minimum atomic E-state index is -0.0438. The molecule has 0 saturated carbocycles. The van der Waals surface area contributed by atoms with Crippen LogP contribution in [-0.4, -0.2) is 10.1 Å². The van der Waals surface area contributed by atoms with Gasteiger partial charge in [-0.15, -0.1) is 0 Å². The lowest BCUT2D eigenvalue weighted by Gasteiger charge is -2.09. The van der Waals surface area contributed by atoms with Crippen LogP contribution in [0.4, 0.5) is 11.5 Å². The zero-order valence-electron chi connectivity index (χ0n) is 10.5. The summed E-state index contributed by atoms with van der Waals surface area (Å²) in [7, 11) is 0. The van der Waals surface area contributed by atoms with Gasteiger partial charge in [0.1, 0.15) is 17.6 Å². The van der Waals surface area contributed by atoms with Gasteiger partial charge >= 0.3 is 0 Å². The molecule has 0 atom stereocenters. The summed E-state index contributed by atoms with van der Waals surface area (Å²) in [6.07, 6.45) is 1.73. The number of nitriles is 1. The van der Waals surface area contributed by atoms with Crippen molar-refractivity contribution in [3.63, 3.8) is 0 Å². The standard InChI is InChI=1S/C16H11N3O/c17-10-12-5-6-13(9-15(12)20)19-16-14-4-2-1-3-11(14)7-8-18-16/h1-9,20H,(H,18,19). The van der Waals surface area contributed by atoms with E-state index >= 15 is 0 Å². The summed E-state index contributed by atoms with van der Waals surface area (Å²) >= 11 is 0. The number of nitrogens with zero attached hydrogens (tertiary/aromatic N) is 2. The van der Waals surface area contributed by atoms with Crippen LogP contribution >= 0.6 is 0 Å². The van der Waals surface area contributed by atoms with Gasteiger partial charge in [0.25, 0.3) is 0 Å². The molecule has 4 nitrogen and oxygen atoms in total. The van der Waals surface area contributed by atoms with Crippen molar-refractivity contribution < 1.29 is 5.11 Å². The fourth-order valence-electron chi connectivity index (χ4n) is 2.06. The van der Waals surface area contributed by atoms with Crippen LogP contribution in [0, 0.1) is 11.3 Å². The second-order valence-electron chi connectivity index (χ2n) is 4.35. The van der Waals surface area contributed by atoms with Gasteiger partial charge in [0.2, 0.25) is 0 Å². The molecular formula is C16H11N3O. The Hall–Kier alpha value is -3.06. The number of fused-ring (bicyclic) bond motifs is 1. The van der Waals surface area contributed by atoms with E-state index in [0.717, 1.165) is 10.8 Å². The largest absolute Gasteiger partial charge is 0.506 e. The Morgan fingerprint density at radius 3 is 2.75 bits per heavy atom. The Morgan fingerprint density at radius 1 is 1.10 bits per heavy atom. The quantitative estimate of drug-likeness (QED) is 0.740. The average molecular weight is 261 g/mol. The first-order chi connectivity index (χ1) is 9.78. The highest BCUT2D eigenvalue weighted by Crippen LogP contribution is 2.27. The van der Waals surface area contributed by atoms with Crippen LogP contribution in [-0.2, 0) is 0 Å². The molecule has 0 amide bonds. The fraction of sp³-hybridized carbons (Fsp3) is 0. The summed E-state index contributed by atoms with van der Waals surface area (Å²) < 4.78 is 0. The highest BCUT2D eigenvalue weighted by Gasteiger charge is 2.05. The van der Waals surface area contributed by atoms with Gasteiger partial charge < -0.3 is 10.4 Å². The Bertz CT molecular complexity index is 816. The van der Waals surface area contributed by atoms with E-state index in [1.807, 2.05) is 36.4 Å². The van der Waals surface area contributed by atoms with Crippen LogP contribution in [0.3, 0.4) is 0 Å². The summed E-state index contributed by atoms with van der Waals surface area (Å²) in [6.45, 7) is 0. The molecule has 4 heteroatoms. The predicted molar refractivity (Wildman–Crippen MR) is 77.8 cm³/mol. The van der Waals surface area contributed by atoms with E-state index in [0.29, 0.717) is 11.5 Å². The normalized spacial score (nSPS) is 10.2. The van der Waals surface area contributed by atoms with Crippen LogP contribution in [0.1, 0.15) is 5.56 Å². The number of phenols is 1. The summed E-state index contributed by atoms with van der Waals surface area (Å²) in [5, 5.41) is 23.7. The Kier molecular flexibility index (Phi) is 2.94. The molecule has 0 aliphatic heterocycles. The number of nitrogens with one attached hydrogen (secondary N) is 1. The molecule has 20 heavy (non-hydrogen) atoms. The second kappa shape index (κ2) is 4.90. The van der Waals surface area contributed by atoms with E-state index in [-0.39, 0.29) is 11.3 Å². The highest BCUT2D eigenvalue weighted by molar-refractivity contribution is 5.93. The zero-order chi connectivity index (χ0) is 13.9. The minimum absolute atomic E-state index is 0.0438. The van der Waals surface area contributed by atoms with Gasteiger partial charge in [-0.2, -0.15) is 5.26 Å². The molecule has 3 rings (SSSR count). The molecule has 0 saturated heterocycles. The molecule has 3 aromatic rings. The summed E-state index contributed by atoms with van der Waals surface area (Å²) in [4.78, 5) is 4.32. The van der Waals surface area contributed by atoms with Gasteiger partial charge in [0, 0.05) is 23.3 Å². The van der Waals surface area contributed by atoms with E-state index in [1.54, 1.807) is 18.3 Å². The van der Waals surface area contributed by atoms with Crippen molar-refractivity contribution in [3.8, 4) is 11.8 Å². The number of phenolic OH excluding ortho intramolecular Hbond substituents is 1. The first kappa shape index (κ1) is 12.0. The van der Waals surface area contributed by atoms with E-state index < -0.39 is 0 Å². The van der Waals surface area contributed by atoms with Crippen LogP contribution in [0.25, 0.3) is 10.8 Å². The van der Waals surface area contributed by atoms with Gasteiger partial charge in [-0.05, 0) is 23.6 Å². The van der Waals surface area contributed by atoms with Gasteiger partial charge in [-0.25, -0.2) is 4.98 Å². The fourth-order valence-corrected chi connectivity index (χ4v) is 2.06. The lowest BCUT2D eigenvalue weighted by molar-refractivity contribution is 0.474. The lowest BCUT2D eigenvalue weighted by Crippen LogP contribution is -1.94. The highest BCUT2D eigenvalue weighted by atomic mass is 16.3. The molecule has 0 fully saturated rings. The maximum atomic E-state index is 9.70. The first-order valence-corrected chi connectivity index (χ1v) is 6.12. The molecule has 96 valence electrons. The van der Waals surface area contributed by atoms with E-state index in [1.165, 1.54) is 6.07 Å². The molecule has 0 aliphatic rings. The SMILES string of the molecule is N#Cc1ccc(Nc2nccc3ccccc23)cc1O. The second-order valence-corrected chi connectivity index (χ2v) is 4.35. The minimum Gasteiger partial charge on any atom is -0.506 e. The molecule has 0 spiro atoms. The molecule has 0 aliphatic carbocycles. The number of hydrogen-bond donors (Lipinski definition) is 2. The Labute approximate surface area is 115 Å². The Balaban J connectivity index is 2.02. The van der Waals surface area contributed by atoms with Crippen molar-refractivity contribution in [1.29, 1.82) is 5.26 Å². The van der Waals surface area contributed by atoms with Crippen molar-refractivity contribution in [2.24, 2.45) is 0 Å². The maximum Gasteiger partial charge on any atom is 0.138 e. The van der Waals surface area contributed by atoms with Gasteiger partial charge in [0.05, 0.1) is 5.56 Å². The number of aromatic nitrogens is 1. The van der Waals surface area contributed by atoms with E-state index in [9.17, 15) is 5.11 Å². The third-order valence-corrected chi connectivity index (χ3v) is 3.05. The van der Waals surface area contributed by atoms with Gasteiger partial charge in [-0.1, -0.05) is 24.3 Å². The number of rotatable bonds is 2. The molecule has 0 bridgehead atoms. The monoisotopic (exact) mass is 261 g/mol. The molecular weight excluding hydrogens is 250 g/mol. The van der Waals surface area contributed by atoms with Crippen molar-refractivity contribution in [3.05, 3.63) is 60.3 Å². The van der Waals surface area contributed by atoms with Crippen molar-refractivity contribution in [2.75, 3.05) is 5.32 Å². The van der Waals surface area contributed by atoms with Crippen LogP contribution < -0.4 is 5.32 Å². The summed E-state index contributed by atoms with van der Waals surface area (Å²) in [6, 6.07) is 16.6. The van der Waals surface area contributed by atoms with Crippen LogP contribution in [0.2, 0.25) is 0 Å². The van der Waals surface area contributed by atoms with Gasteiger partial charge in [0.15, 0.2) is 0 Å². The predicted octanol–water partition coefficient (Wildman–Crippen LogP) is 3.56. The number of anilines is 2. The Morgan fingerprint density at radius 2 is 1.95 bits per heavy atom. The molecule has 2 aromatic carbocycles. The maximum absolute atomic E-state index is 9.70. The van der Waals surface area contributed by atoms with E-state index in [4.69, 9.17) is 5.26 Å². The number of aromatic hydroxyl groups is 1. The molecule has 2 N–H and O–H groups in total. The van der Waals surface area contributed by atoms with Crippen LogP contribution in [0.5, 0.6) is 5.75 Å². The van der Waals surface area contributed by atoms with Crippen LogP contribution in [0.15, 0.2) is 54.7 Å². The molecule has 1 heterocycles. The van der Waals surface area contributed by atoms with E-state index in [2.05, 4.69) is 10.3 Å². The number of benzene rings is 2.